The molecule has 0 aliphatic rings. The predicted octanol–water partition coefficient (Wildman–Crippen LogP) is 6.13. The second kappa shape index (κ2) is 9.40. The van der Waals surface area contributed by atoms with E-state index in [9.17, 15) is 14.2 Å². The van der Waals surface area contributed by atoms with Crippen molar-refractivity contribution in [3.8, 4) is 5.75 Å². The van der Waals surface area contributed by atoms with Gasteiger partial charge in [0.2, 0.25) is 5.52 Å². The molecular formula is C21H14Br2ClO4P. The molecule has 0 spiro atoms. The van der Waals surface area contributed by atoms with Crippen molar-refractivity contribution in [2.75, 3.05) is 7.11 Å². The van der Waals surface area contributed by atoms with Gasteiger partial charge in [-0.05, 0) is 56.1 Å². The molecule has 0 aliphatic carbocycles. The summed E-state index contributed by atoms with van der Waals surface area (Å²) in [6.07, 6.45) is 0. The van der Waals surface area contributed by atoms with Crippen LogP contribution in [0.1, 0.15) is 26.3 Å². The molecule has 3 rings (SSSR count). The molecule has 1 unspecified atom stereocenters. The zero-order valence-corrected chi connectivity index (χ0v) is 20.0. The Morgan fingerprint density at radius 3 is 2.31 bits per heavy atom. The zero-order chi connectivity index (χ0) is 21.1. The summed E-state index contributed by atoms with van der Waals surface area (Å²) in [6.45, 7) is 0. The van der Waals surface area contributed by atoms with E-state index in [0.717, 1.165) is 0 Å². The highest BCUT2D eigenvalue weighted by molar-refractivity contribution is 9.11. The fraction of sp³-hybridized carbons (Fsp3) is 0.0476. The highest BCUT2D eigenvalue weighted by Crippen LogP contribution is 2.40. The Balaban J connectivity index is 2.09. The van der Waals surface area contributed by atoms with Gasteiger partial charge in [0.25, 0.3) is 0 Å². The monoisotopic (exact) mass is 554 g/mol. The van der Waals surface area contributed by atoms with Crippen LogP contribution >= 0.6 is 51.3 Å². The number of methoxy groups -OCH3 is 1. The maximum absolute atomic E-state index is 13.3. The third kappa shape index (κ3) is 4.41. The van der Waals surface area contributed by atoms with E-state index in [4.69, 9.17) is 16.3 Å². The second-order valence-electron chi connectivity index (χ2n) is 5.95. The van der Waals surface area contributed by atoms with Crippen molar-refractivity contribution >= 4 is 67.9 Å². The van der Waals surface area contributed by atoms with Crippen LogP contribution in [-0.4, -0.2) is 18.4 Å². The second-order valence-corrected chi connectivity index (χ2v) is 9.62. The average molecular weight is 557 g/mol. The number of hydrogen-bond acceptors (Lipinski definition) is 4. The third-order valence-corrected chi connectivity index (χ3v) is 8.39. The number of rotatable bonds is 6. The summed E-state index contributed by atoms with van der Waals surface area (Å²) in [7, 11) is -1.64. The van der Waals surface area contributed by atoms with Gasteiger partial charge in [-0.25, -0.2) is 0 Å². The van der Waals surface area contributed by atoms with Crippen LogP contribution in [0.3, 0.4) is 0 Å². The van der Waals surface area contributed by atoms with Crippen molar-refractivity contribution < 1.29 is 18.9 Å². The number of hydrogen-bond donors (Lipinski definition) is 0. The lowest BCUT2D eigenvalue weighted by Gasteiger charge is -2.13. The molecule has 8 heteroatoms. The topological polar surface area (TPSA) is 60.4 Å². The van der Waals surface area contributed by atoms with Gasteiger partial charge in [-0.2, -0.15) is 0 Å². The normalized spacial score (nSPS) is 11.7. The van der Waals surface area contributed by atoms with Crippen molar-refractivity contribution in [1.29, 1.82) is 0 Å². The van der Waals surface area contributed by atoms with Crippen LogP contribution < -0.4 is 10.0 Å². The molecule has 0 bridgehead atoms. The molecule has 0 fully saturated rings. The minimum Gasteiger partial charge on any atom is -0.496 e. The van der Waals surface area contributed by atoms with Gasteiger partial charge in [-0.1, -0.05) is 48.0 Å². The Morgan fingerprint density at radius 2 is 1.66 bits per heavy atom. The number of carbonyl (C=O) groups is 2. The zero-order valence-electron chi connectivity index (χ0n) is 15.0. The number of ether oxygens (including phenoxy) is 1. The van der Waals surface area contributed by atoms with Crippen molar-refractivity contribution in [3.05, 3.63) is 91.3 Å². The Bertz CT molecular complexity index is 1130. The van der Waals surface area contributed by atoms with Crippen LogP contribution in [0.5, 0.6) is 5.75 Å². The van der Waals surface area contributed by atoms with Gasteiger partial charge in [0, 0.05) is 25.4 Å². The molecule has 0 aliphatic heterocycles. The van der Waals surface area contributed by atoms with E-state index in [1.165, 1.54) is 13.2 Å². The lowest BCUT2D eigenvalue weighted by Crippen LogP contribution is -2.13. The Hall–Kier alpha value is -1.72. The van der Waals surface area contributed by atoms with Gasteiger partial charge in [0.15, 0.2) is 13.6 Å². The van der Waals surface area contributed by atoms with Crippen LogP contribution in [0.25, 0.3) is 0 Å². The standard InChI is InChI=1S/C21H14Br2ClO4P/c1-28-16-9-5-8-15(24)17(16)21(26)29(27)20-14(22)11-10-13(18(20)23)19(25)12-6-3-2-4-7-12/h2-11,29H,1H3. The molecular weight excluding hydrogens is 542 g/mol. The largest absolute Gasteiger partial charge is 0.496 e. The van der Waals surface area contributed by atoms with E-state index in [1.807, 2.05) is 6.07 Å². The summed E-state index contributed by atoms with van der Waals surface area (Å²) >= 11 is 12.9. The molecule has 0 saturated heterocycles. The third-order valence-electron chi connectivity index (χ3n) is 4.23. The predicted molar refractivity (Wildman–Crippen MR) is 123 cm³/mol. The molecule has 3 aromatic carbocycles. The van der Waals surface area contributed by atoms with E-state index in [2.05, 4.69) is 31.9 Å². The van der Waals surface area contributed by atoms with Crippen molar-refractivity contribution in [1.82, 2.24) is 0 Å². The van der Waals surface area contributed by atoms with Gasteiger partial charge < -0.3 is 9.30 Å². The lowest BCUT2D eigenvalue weighted by atomic mass is 10.0. The van der Waals surface area contributed by atoms with Crippen molar-refractivity contribution in [2.24, 2.45) is 0 Å². The van der Waals surface area contributed by atoms with Gasteiger partial charge in [-0.3, -0.25) is 9.59 Å². The Kier molecular flexibility index (Phi) is 7.12. The molecule has 3 aromatic rings. The van der Waals surface area contributed by atoms with Crippen molar-refractivity contribution in [3.63, 3.8) is 0 Å². The number of halogens is 3. The van der Waals surface area contributed by atoms with Gasteiger partial charge >= 0.3 is 0 Å². The average Bonchev–Trinajstić information content (AvgIpc) is 2.73. The molecule has 0 N–H and O–H groups in total. The van der Waals surface area contributed by atoms with Crippen LogP contribution in [0.4, 0.5) is 0 Å². The summed E-state index contributed by atoms with van der Waals surface area (Å²) in [5.74, 6) is -0.00610. The first-order chi connectivity index (χ1) is 13.9. The van der Waals surface area contributed by atoms with E-state index in [1.54, 1.807) is 48.5 Å². The molecule has 0 radical (unpaired) electrons. The summed E-state index contributed by atoms with van der Waals surface area (Å²) in [4.78, 5) is 25.9. The number of ketones is 1. The summed E-state index contributed by atoms with van der Waals surface area (Å²) in [5, 5.41) is 0.375. The van der Waals surface area contributed by atoms with Gasteiger partial charge in [0.05, 0.1) is 17.7 Å². The van der Waals surface area contributed by atoms with E-state index in [-0.39, 0.29) is 27.4 Å². The maximum atomic E-state index is 13.3. The minimum absolute atomic E-state index is 0.0548. The molecule has 1 atom stereocenters. The molecule has 0 aromatic heterocycles. The molecule has 29 heavy (non-hydrogen) atoms. The molecule has 4 nitrogen and oxygen atoms in total. The highest BCUT2D eigenvalue weighted by atomic mass is 79.9. The van der Waals surface area contributed by atoms with Gasteiger partial charge in [-0.15, -0.1) is 0 Å². The first-order valence-corrected chi connectivity index (χ1v) is 11.7. The number of benzene rings is 3. The van der Waals surface area contributed by atoms with Crippen molar-refractivity contribution in [2.45, 2.75) is 0 Å². The van der Waals surface area contributed by atoms with E-state index >= 15 is 0 Å². The quantitative estimate of drug-likeness (QED) is 0.271. The summed E-state index contributed by atoms with van der Waals surface area (Å²) < 4.78 is 19.2. The SMILES string of the molecule is COc1cccc(Cl)c1C(=O)[PH](=O)c1c(Br)ccc(C(=O)c2ccccc2)c1Br. The summed E-state index contributed by atoms with van der Waals surface area (Å²) in [6, 6.07) is 16.7. The van der Waals surface area contributed by atoms with E-state index in [0.29, 0.717) is 20.1 Å². The van der Waals surface area contributed by atoms with E-state index < -0.39 is 13.3 Å². The minimum atomic E-state index is -3.05. The Labute approximate surface area is 190 Å². The number of carbonyl (C=O) groups excluding carboxylic acids is 2. The van der Waals surface area contributed by atoms with Crippen LogP contribution in [-0.2, 0) is 4.57 Å². The fourth-order valence-electron chi connectivity index (χ4n) is 2.80. The van der Waals surface area contributed by atoms with Crippen LogP contribution in [0.2, 0.25) is 5.02 Å². The smallest absolute Gasteiger partial charge is 0.228 e. The molecule has 0 heterocycles. The summed E-state index contributed by atoms with van der Waals surface area (Å²) in [5.41, 5.74) is 0.203. The van der Waals surface area contributed by atoms with Crippen LogP contribution in [0.15, 0.2) is 69.6 Å². The first kappa shape index (κ1) is 22.0. The molecule has 148 valence electrons. The Morgan fingerprint density at radius 1 is 0.966 bits per heavy atom. The first-order valence-electron chi connectivity index (χ1n) is 8.36. The maximum Gasteiger partial charge on any atom is 0.228 e. The fourth-order valence-corrected chi connectivity index (χ4v) is 6.68. The van der Waals surface area contributed by atoms with Crippen LogP contribution in [0, 0.1) is 0 Å². The lowest BCUT2D eigenvalue weighted by molar-refractivity contribution is 0.103. The molecule has 0 amide bonds. The molecule has 0 saturated carbocycles. The van der Waals surface area contributed by atoms with Gasteiger partial charge in [0.1, 0.15) is 5.75 Å². The highest BCUT2D eigenvalue weighted by Gasteiger charge is 2.28.